The normalized spacial score (nSPS) is 15.0. The molecular weight excluding hydrogens is 317 g/mol. The average molecular weight is 330 g/mol. The molecule has 6 nitrogen and oxygen atoms in total. The van der Waals surface area contributed by atoms with Crippen molar-refractivity contribution in [3.63, 3.8) is 0 Å². The number of nitrogens with one attached hydrogen (secondary N) is 1. The van der Waals surface area contributed by atoms with Gasteiger partial charge in [0.2, 0.25) is 5.76 Å². The molecule has 0 bridgehead atoms. The highest BCUT2D eigenvalue weighted by atomic mass is 35.5. The predicted octanol–water partition coefficient (Wildman–Crippen LogP) is 2.24. The van der Waals surface area contributed by atoms with Crippen molar-refractivity contribution in [2.75, 3.05) is 18.5 Å². The van der Waals surface area contributed by atoms with Gasteiger partial charge in [0.05, 0.1) is 10.7 Å². The third kappa shape index (κ3) is 4.11. The summed E-state index contributed by atoms with van der Waals surface area (Å²) in [6.45, 7) is 1.96. The molecule has 0 aliphatic carbocycles. The molecule has 1 aromatic carbocycles. The molecule has 0 saturated carbocycles. The number of hydrogen-bond donors (Lipinski definition) is 1. The molecule has 0 saturated heterocycles. The number of halogens is 2. The Morgan fingerprint density at radius 3 is 2.82 bits per heavy atom. The maximum Gasteiger partial charge on any atom is 0.377 e. The number of amides is 1. The third-order valence-electron chi connectivity index (χ3n) is 2.69. The Kier molecular flexibility index (Phi) is 5.21. The van der Waals surface area contributed by atoms with Crippen LogP contribution in [0.1, 0.15) is 6.92 Å². The second-order valence-electron chi connectivity index (χ2n) is 4.36. The second-order valence-corrected chi connectivity index (χ2v) is 4.77. The Balaban J connectivity index is 1.94. The zero-order valence-corrected chi connectivity index (χ0v) is 12.4. The zero-order chi connectivity index (χ0) is 16.1. The molecule has 1 heterocycles. The highest BCUT2D eigenvalue weighted by Gasteiger charge is 2.23. The molecule has 0 spiro atoms. The van der Waals surface area contributed by atoms with E-state index in [1.807, 2.05) is 0 Å². The van der Waals surface area contributed by atoms with Crippen molar-refractivity contribution < 1.29 is 28.2 Å². The lowest BCUT2D eigenvalue weighted by atomic mass is 10.3. The van der Waals surface area contributed by atoms with Crippen molar-refractivity contribution in [2.24, 2.45) is 0 Å². The standard InChI is InChI=1S/C14H13ClFNO5/c1-8(22-14(19)12-7-20-4-5-21-12)13(18)17-11-3-2-9(16)6-10(11)15/h2-3,6-8H,4-5H2,1H3,(H,17,18)/t8-/m1/s1. The molecule has 1 aliphatic rings. The van der Waals surface area contributed by atoms with Crippen molar-refractivity contribution in [1.82, 2.24) is 0 Å². The molecule has 2 rings (SSSR count). The molecule has 0 unspecified atom stereocenters. The van der Waals surface area contributed by atoms with Crippen LogP contribution in [0, 0.1) is 5.82 Å². The molecule has 1 aliphatic heterocycles. The minimum absolute atomic E-state index is 0.0404. The second kappa shape index (κ2) is 7.13. The van der Waals surface area contributed by atoms with Gasteiger partial charge in [-0.2, -0.15) is 0 Å². The van der Waals surface area contributed by atoms with Crippen molar-refractivity contribution in [2.45, 2.75) is 13.0 Å². The number of carbonyl (C=O) groups excluding carboxylic acids is 2. The summed E-state index contributed by atoms with van der Waals surface area (Å²) in [5, 5.41) is 2.48. The van der Waals surface area contributed by atoms with Crippen LogP contribution in [0.4, 0.5) is 10.1 Å². The lowest BCUT2D eigenvalue weighted by Gasteiger charge is -2.17. The van der Waals surface area contributed by atoms with Gasteiger partial charge in [-0.3, -0.25) is 4.79 Å². The molecule has 118 valence electrons. The summed E-state index contributed by atoms with van der Waals surface area (Å²) >= 11 is 5.80. The number of esters is 1. The monoisotopic (exact) mass is 329 g/mol. The van der Waals surface area contributed by atoms with Gasteiger partial charge in [0.15, 0.2) is 6.10 Å². The van der Waals surface area contributed by atoms with E-state index in [1.54, 1.807) is 0 Å². The minimum atomic E-state index is -1.10. The summed E-state index contributed by atoms with van der Waals surface area (Å²) in [5.74, 6) is -2.05. The molecule has 1 N–H and O–H groups in total. The maximum absolute atomic E-state index is 12.9. The van der Waals surface area contributed by atoms with Crippen LogP contribution in [0.25, 0.3) is 0 Å². The van der Waals surface area contributed by atoms with Crippen LogP contribution in [-0.4, -0.2) is 31.2 Å². The third-order valence-corrected chi connectivity index (χ3v) is 3.01. The molecule has 0 radical (unpaired) electrons. The quantitative estimate of drug-likeness (QED) is 0.858. The van der Waals surface area contributed by atoms with E-state index >= 15 is 0 Å². The van der Waals surface area contributed by atoms with Crippen molar-refractivity contribution >= 4 is 29.2 Å². The molecule has 22 heavy (non-hydrogen) atoms. The fourth-order valence-electron chi connectivity index (χ4n) is 1.57. The summed E-state index contributed by atoms with van der Waals surface area (Å²) in [5.41, 5.74) is 0.215. The first-order chi connectivity index (χ1) is 10.5. The minimum Gasteiger partial charge on any atom is -0.493 e. The Morgan fingerprint density at radius 1 is 1.41 bits per heavy atom. The molecule has 1 amide bonds. The lowest BCUT2D eigenvalue weighted by molar-refractivity contribution is -0.153. The fraction of sp³-hybridized carbons (Fsp3) is 0.286. The van der Waals surface area contributed by atoms with Crippen molar-refractivity contribution in [1.29, 1.82) is 0 Å². The molecule has 8 heteroatoms. The van der Waals surface area contributed by atoms with Crippen molar-refractivity contribution in [3.8, 4) is 0 Å². The van der Waals surface area contributed by atoms with Crippen LogP contribution in [0.3, 0.4) is 0 Å². The molecule has 1 aromatic rings. The van der Waals surface area contributed by atoms with Crippen LogP contribution >= 0.6 is 11.6 Å². The zero-order valence-electron chi connectivity index (χ0n) is 11.6. The van der Waals surface area contributed by atoms with E-state index < -0.39 is 23.8 Å². The first-order valence-corrected chi connectivity index (χ1v) is 6.76. The molecule has 0 fully saturated rings. The maximum atomic E-state index is 12.9. The molecular formula is C14H13ClFNO5. The number of hydrogen-bond acceptors (Lipinski definition) is 5. The summed E-state index contributed by atoms with van der Waals surface area (Å²) < 4.78 is 27.8. The van der Waals surface area contributed by atoms with Gasteiger partial charge in [0, 0.05) is 0 Å². The number of carbonyl (C=O) groups is 2. The van der Waals surface area contributed by atoms with Crippen molar-refractivity contribution in [3.05, 3.63) is 41.1 Å². The van der Waals surface area contributed by atoms with E-state index in [0.717, 1.165) is 18.4 Å². The molecule has 1 atom stereocenters. The summed E-state index contributed by atoms with van der Waals surface area (Å²) in [7, 11) is 0. The van der Waals surface area contributed by atoms with Crippen LogP contribution in [0.15, 0.2) is 30.2 Å². The van der Waals surface area contributed by atoms with E-state index in [-0.39, 0.29) is 23.1 Å². The highest BCUT2D eigenvalue weighted by Crippen LogP contribution is 2.22. The van der Waals surface area contributed by atoms with Gasteiger partial charge in [0.1, 0.15) is 25.3 Å². The Labute approximate surface area is 130 Å². The predicted molar refractivity (Wildman–Crippen MR) is 75.6 cm³/mol. The smallest absolute Gasteiger partial charge is 0.377 e. The number of rotatable bonds is 4. The lowest BCUT2D eigenvalue weighted by Crippen LogP contribution is -2.31. The number of anilines is 1. The van der Waals surface area contributed by atoms with Crippen LogP contribution < -0.4 is 5.32 Å². The first kappa shape index (κ1) is 16.1. The van der Waals surface area contributed by atoms with Gasteiger partial charge in [0.25, 0.3) is 5.91 Å². The Hall–Kier alpha value is -2.28. The number of ether oxygens (including phenoxy) is 3. The SMILES string of the molecule is C[C@@H](OC(=O)C1=COCCO1)C(=O)Nc1ccc(F)cc1Cl. The average Bonchev–Trinajstić information content (AvgIpc) is 2.50. The van der Waals surface area contributed by atoms with E-state index in [1.165, 1.54) is 13.0 Å². The van der Waals surface area contributed by atoms with Crippen LogP contribution in [-0.2, 0) is 23.8 Å². The van der Waals surface area contributed by atoms with E-state index in [9.17, 15) is 14.0 Å². The van der Waals surface area contributed by atoms with Gasteiger partial charge in [-0.25, -0.2) is 9.18 Å². The van der Waals surface area contributed by atoms with Gasteiger partial charge in [-0.15, -0.1) is 0 Å². The van der Waals surface area contributed by atoms with Gasteiger partial charge in [-0.1, -0.05) is 11.6 Å². The van der Waals surface area contributed by atoms with Gasteiger partial charge in [-0.05, 0) is 25.1 Å². The fourth-order valence-corrected chi connectivity index (χ4v) is 1.79. The summed E-state index contributed by atoms with van der Waals surface area (Å²) in [6.07, 6.45) is 0.0351. The summed E-state index contributed by atoms with van der Waals surface area (Å²) in [4.78, 5) is 23.7. The Bertz CT molecular complexity index is 619. The summed E-state index contributed by atoms with van der Waals surface area (Å²) in [6, 6.07) is 3.52. The van der Waals surface area contributed by atoms with E-state index in [4.69, 9.17) is 25.8 Å². The van der Waals surface area contributed by atoms with E-state index in [0.29, 0.717) is 6.61 Å². The molecule has 0 aromatic heterocycles. The first-order valence-electron chi connectivity index (χ1n) is 6.39. The highest BCUT2D eigenvalue weighted by molar-refractivity contribution is 6.33. The number of benzene rings is 1. The van der Waals surface area contributed by atoms with Gasteiger partial charge >= 0.3 is 5.97 Å². The largest absolute Gasteiger partial charge is 0.493 e. The van der Waals surface area contributed by atoms with Crippen LogP contribution in [0.5, 0.6) is 0 Å². The topological polar surface area (TPSA) is 73.9 Å². The Morgan fingerprint density at radius 2 is 2.18 bits per heavy atom. The van der Waals surface area contributed by atoms with Gasteiger partial charge < -0.3 is 19.5 Å². The van der Waals surface area contributed by atoms with Crippen LogP contribution in [0.2, 0.25) is 5.02 Å². The van der Waals surface area contributed by atoms with E-state index in [2.05, 4.69) is 5.32 Å².